The molecule has 0 unspecified atom stereocenters. The molecule has 0 saturated carbocycles. The van der Waals surface area contributed by atoms with Crippen LogP contribution in [0.2, 0.25) is 0 Å². The van der Waals surface area contributed by atoms with Gasteiger partial charge in [0, 0.05) is 14.1 Å². The summed E-state index contributed by atoms with van der Waals surface area (Å²) in [7, 11) is 3.14. The van der Waals surface area contributed by atoms with Gasteiger partial charge >= 0.3 is 11.7 Å². The molecule has 118 valence electrons. The van der Waals surface area contributed by atoms with E-state index >= 15 is 0 Å². The summed E-state index contributed by atoms with van der Waals surface area (Å²) >= 11 is 0. The van der Waals surface area contributed by atoms with Crippen LogP contribution in [-0.2, 0) is 25.4 Å². The maximum atomic E-state index is 12.5. The van der Waals surface area contributed by atoms with E-state index in [0.29, 0.717) is 5.75 Å². The van der Waals surface area contributed by atoms with Crippen molar-refractivity contribution in [2.45, 2.75) is 6.54 Å². The molecule has 2 heterocycles. The lowest BCUT2D eigenvalue weighted by molar-refractivity contribution is -0.135. The number of ether oxygens (including phenoxy) is 1. The molecule has 8 heteroatoms. The molecule has 0 aliphatic carbocycles. The van der Waals surface area contributed by atoms with Gasteiger partial charge in [0.2, 0.25) is 0 Å². The lowest BCUT2D eigenvalue weighted by Gasteiger charge is -2.08. The minimum absolute atomic E-state index is 0.250. The first-order valence-corrected chi connectivity index (χ1v) is 6.85. The molecule has 0 aliphatic rings. The molecule has 8 nitrogen and oxygen atoms in total. The SMILES string of the molecule is Cn1cnc2c1c(=O)n(CC(=O)Oc1ccccc1)c(=O)n2C. The van der Waals surface area contributed by atoms with E-state index in [9.17, 15) is 14.4 Å². The molecule has 3 rings (SSSR count). The Morgan fingerprint density at radius 2 is 1.87 bits per heavy atom. The van der Waals surface area contributed by atoms with E-state index in [-0.39, 0.29) is 11.2 Å². The number of carbonyl (C=O) groups excluding carboxylic acids is 1. The summed E-state index contributed by atoms with van der Waals surface area (Å²) in [6.45, 7) is -0.471. The number of hydrogen-bond acceptors (Lipinski definition) is 5. The van der Waals surface area contributed by atoms with Gasteiger partial charge in [-0.3, -0.25) is 9.36 Å². The van der Waals surface area contributed by atoms with Gasteiger partial charge in [0.1, 0.15) is 12.3 Å². The summed E-state index contributed by atoms with van der Waals surface area (Å²) in [5, 5.41) is 0. The van der Waals surface area contributed by atoms with Crippen LogP contribution in [0.3, 0.4) is 0 Å². The van der Waals surface area contributed by atoms with E-state index in [2.05, 4.69) is 4.98 Å². The highest BCUT2D eigenvalue weighted by Gasteiger charge is 2.17. The average molecular weight is 314 g/mol. The zero-order valence-electron chi connectivity index (χ0n) is 12.6. The molecule has 1 aromatic carbocycles. The molecular formula is C15H14N4O4. The van der Waals surface area contributed by atoms with Crippen molar-refractivity contribution in [3.8, 4) is 5.75 Å². The molecule has 23 heavy (non-hydrogen) atoms. The Morgan fingerprint density at radius 1 is 1.17 bits per heavy atom. The van der Waals surface area contributed by atoms with Crippen molar-refractivity contribution in [1.82, 2.24) is 18.7 Å². The maximum Gasteiger partial charge on any atom is 0.333 e. The highest BCUT2D eigenvalue weighted by molar-refractivity contribution is 5.73. The number of benzene rings is 1. The standard InChI is InChI=1S/C15H14N4O4/c1-17-9-16-13-12(17)14(21)19(15(22)18(13)2)8-11(20)23-10-6-4-3-5-7-10/h3-7,9H,8H2,1-2H3. The van der Waals surface area contributed by atoms with Gasteiger partial charge in [-0.15, -0.1) is 0 Å². The number of rotatable bonds is 3. The van der Waals surface area contributed by atoms with Crippen LogP contribution in [0.5, 0.6) is 5.75 Å². The van der Waals surface area contributed by atoms with Crippen molar-refractivity contribution in [2.75, 3.05) is 0 Å². The summed E-state index contributed by atoms with van der Waals surface area (Å²) < 4.78 is 8.70. The van der Waals surface area contributed by atoms with Gasteiger partial charge in [0.25, 0.3) is 5.56 Å². The third kappa shape index (κ3) is 2.54. The lowest BCUT2D eigenvalue weighted by Crippen LogP contribution is -2.42. The first-order valence-electron chi connectivity index (χ1n) is 6.85. The van der Waals surface area contributed by atoms with Crippen LogP contribution in [0.15, 0.2) is 46.2 Å². The van der Waals surface area contributed by atoms with Gasteiger partial charge in [0.05, 0.1) is 6.33 Å². The Kier molecular flexibility index (Phi) is 3.57. The van der Waals surface area contributed by atoms with Gasteiger partial charge in [-0.2, -0.15) is 0 Å². The van der Waals surface area contributed by atoms with Gasteiger partial charge in [-0.25, -0.2) is 19.1 Å². The zero-order valence-corrected chi connectivity index (χ0v) is 12.6. The second-order valence-corrected chi connectivity index (χ2v) is 5.05. The molecule has 0 bridgehead atoms. The summed E-state index contributed by atoms with van der Waals surface area (Å²) in [5.74, 6) is -0.346. The maximum absolute atomic E-state index is 12.5. The second-order valence-electron chi connectivity index (χ2n) is 5.05. The number of hydrogen-bond donors (Lipinski definition) is 0. The predicted octanol–water partition coefficient (Wildman–Crippen LogP) is 0.0393. The number of fused-ring (bicyclic) bond motifs is 1. The molecule has 0 fully saturated rings. The van der Waals surface area contributed by atoms with Crippen molar-refractivity contribution in [3.05, 3.63) is 57.5 Å². The van der Waals surface area contributed by atoms with Gasteiger partial charge in [0.15, 0.2) is 11.2 Å². The van der Waals surface area contributed by atoms with E-state index in [1.165, 1.54) is 22.5 Å². The van der Waals surface area contributed by atoms with Gasteiger partial charge in [-0.1, -0.05) is 18.2 Å². The molecule has 0 spiro atoms. The number of imidazole rings is 1. The van der Waals surface area contributed by atoms with E-state index in [0.717, 1.165) is 4.57 Å². The quantitative estimate of drug-likeness (QED) is 0.503. The third-order valence-corrected chi connectivity index (χ3v) is 3.46. The number of aromatic nitrogens is 4. The first kappa shape index (κ1) is 14.8. The van der Waals surface area contributed by atoms with Gasteiger partial charge < -0.3 is 9.30 Å². The van der Waals surface area contributed by atoms with Crippen LogP contribution in [0, 0.1) is 0 Å². The van der Waals surface area contributed by atoms with Gasteiger partial charge in [-0.05, 0) is 12.1 Å². The first-order chi connectivity index (χ1) is 11.0. The molecule has 3 aromatic rings. The van der Waals surface area contributed by atoms with Crippen molar-refractivity contribution < 1.29 is 9.53 Å². The van der Waals surface area contributed by atoms with E-state index in [4.69, 9.17) is 4.74 Å². The van der Waals surface area contributed by atoms with E-state index in [1.807, 2.05) is 0 Å². The van der Waals surface area contributed by atoms with Crippen molar-refractivity contribution in [1.29, 1.82) is 0 Å². The highest BCUT2D eigenvalue weighted by atomic mass is 16.5. The third-order valence-electron chi connectivity index (χ3n) is 3.46. The molecule has 0 N–H and O–H groups in total. The number of nitrogens with zero attached hydrogens (tertiary/aromatic N) is 4. The number of para-hydroxylation sites is 1. The van der Waals surface area contributed by atoms with Crippen LogP contribution < -0.4 is 16.0 Å². The van der Waals surface area contributed by atoms with Crippen molar-refractivity contribution >= 4 is 17.1 Å². The van der Waals surface area contributed by atoms with Crippen LogP contribution in [0.25, 0.3) is 11.2 Å². The average Bonchev–Trinajstić information content (AvgIpc) is 2.92. The molecule has 0 saturated heterocycles. The lowest BCUT2D eigenvalue weighted by atomic mass is 10.3. The molecule has 2 aromatic heterocycles. The summed E-state index contributed by atoms with van der Waals surface area (Å²) in [6, 6.07) is 8.45. The van der Waals surface area contributed by atoms with Crippen LogP contribution in [0.4, 0.5) is 0 Å². The predicted molar refractivity (Wildman–Crippen MR) is 82.3 cm³/mol. The smallest absolute Gasteiger partial charge is 0.333 e. The summed E-state index contributed by atoms with van der Waals surface area (Å²) in [6.07, 6.45) is 1.44. The van der Waals surface area contributed by atoms with Crippen molar-refractivity contribution in [3.63, 3.8) is 0 Å². The molecule has 0 radical (unpaired) electrons. The Hall–Kier alpha value is -3.16. The number of esters is 1. The topological polar surface area (TPSA) is 88.1 Å². The number of aryl methyl sites for hydroxylation is 2. The zero-order chi connectivity index (χ0) is 16.6. The van der Waals surface area contributed by atoms with Crippen LogP contribution >= 0.6 is 0 Å². The molecule has 0 aliphatic heterocycles. The minimum Gasteiger partial charge on any atom is -0.425 e. The fourth-order valence-corrected chi connectivity index (χ4v) is 2.32. The normalized spacial score (nSPS) is 10.9. The summed E-state index contributed by atoms with van der Waals surface area (Å²) in [5.41, 5.74) is -0.672. The largest absolute Gasteiger partial charge is 0.425 e. The monoisotopic (exact) mass is 314 g/mol. The molecular weight excluding hydrogens is 300 g/mol. The van der Waals surface area contributed by atoms with Crippen molar-refractivity contribution in [2.24, 2.45) is 14.1 Å². The second kappa shape index (κ2) is 5.56. The fourth-order valence-electron chi connectivity index (χ4n) is 2.32. The fraction of sp³-hybridized carbons (Fsp3) is 0.200. The molecule has 0 amide bonds. The van der Waals surface area contributed by atoms with Crippen LogP contribution in [-0.4, -0.2) is 24.7 Å². The highest BCUT2D eigenvalue weighted by Crippen LogP contribution is 2.08. The number of carbonyl (C=O) groups is 1. The Morgan fingerprint density at radius 3 is 2.57 bits per heavy atom. The Bertz CT molecular complexity index is 998. The Labute approximate surface area is 130 Å². The van der Waals surface area contributed by atoms with E-state index in [1.54, 1.807) is 37.4 Å². The Balaban J connectivity index is 2.00. The minimum atomic E-state index is -0.697. The molecule has 0 atom stereocenters. The summed E-state index contributed by atoms with van der Waals surface area (Å²) in [4.78, 5) is 40.8. The van der Waals surface area contributed by atoms with Crippen LogP contribution in [0.1, 0.15) is 0 Å². The van der Waals surface area contributed by atoms with E-state index < -0.39 is 23.8 Å².